The molecule has 136 valence electrons. The zero-order chi connectivity index (χ0) is 18.8. The van der Waals surface area contributed by atoms with Gasteiger partial charge in [0.05, 0.1) is 6.54 Å². The highest BCUT2D eigenvalue weighted by Crippen LogP contribution is 2.30. The molecule has 0 radical (unpaired) electrons. The maximum Gasteiger partial charge on any atom is 0.254 e. The van der Waals surface area contributed by atoms with E-state index in [0.29, 0.717) is 18.7 Å². The Labute approximate surface area is 152 Å². The maximum absolute atomic E-state index is 13.0. The van der Waals surface area contributed by atoms with E-state index < -0.39 is 0 Å². The highest BCUT2D eigenvalue weighted by Gasteiger charge is 2.26. The molecule has 0 saturated heterocycles. The van der Waals surface area contributed by atoms with Crippen LogP contribution in [-0.2, 0) is 24.8 Å². The standard InChI is InChI=1S/C19H23N5O2/c1-5-18(25)24-11-7-9-14-15(8-6-10-16(14)24)19(26)22(3)12-17-21-20-13(2)23(17)4/h5-6,8,10H,1,7,9,11-12H2,2-4H3. The van der Waals surface area contributed by atoms with Gasteiger partial charge in [0.15, 0.2) is 5.82 Å². The van der Waals surface area contributed by atoms with Crippen molar-refractivity contribution in [1.29, 1.82) is 0 Å². The molecule has 26 heavy (non-hydrogen) atoms. The molecule has 0 N–H and O–H groups in total. The fourth-order valence-electron chi connectivity index (χ4n) is 3.24. The van der Waals surface area contributed by atoms with Gasteiger partial charge in [0, 0.05) is 31.9 Å². The number of carbonyl (C=O) groups is 2. The summed E-state index contributed by atoms with van der Waals surface area (Å²) in [5, 5.41) is 8.15. The van der Waals surface area contributed by atoms with Crippen LogP contribution in [0.25, 0.3) is 0 Å². The Morgan fingerprint density at radius 1 is 1.35 bits per heavy atom. The fourth-order valence-corrected chi connectivity index (χ4v) is 3.24. The third-order valence-electron chi connectivity index (χ3n) is 4.83. The van der Waals surface area contributed by atoms with E-state index in [1.54, 1.807) is 16.8 Å². The lowest BCUT2D eigenvalue weighted by Gasteiger charge is -2.30. The first-order chi connectivity index (χ1) is 12.4. The third-order valence-corrected chi connectivity index (χ3v) is 4.83. The summed E-state index contributed by atoms with van der Waals surface area (Å²) in [5.41, 5.74) is 2.35. The normalized spacial score (nSPS) is 13.3. The second kappa shape index (κ2) is 7.11. The van der Waals surface area contributed by atoms with Gasteiger partial charge in [0.1, 0.15) is 5.82 Å². The van der Waals surface area contributed by atoms with Gasteiger partial charge >= 0.3 is 0 Å². The second-order valence-electron chi connectivity index (χ2n) is 6.48. The number of hydrogen-bond donors (Lipinski definition) is 0. The predicted octanol–water partition coefficient (Wildman–Crippen LogP) is 1.86. The van der Waals surface area contributed by atoms with Gasteiger partial charge < -0.3 is 14.4 Å². The molecule has 2 aromatic rings. The van der Waals surface area contributed by atoms with E-state index in [-0.39, 0.29) is 11.8 Å². The molecule has 2 heterocycles. The van der Waals surface area contributed by atoms with Crippen LogP contribution < -0.4 is 4.90 Å². The van der Waals surface area contributed by atoms with E-state index in [4.69, 9.17) is 0 Å². The van der Waals surface area contributed by atoms with Gasteiger partial charge in [-0.15, -0.1) is 10.2 Å². The number of hydrogen-bond acceptors (Lipinski definition) is 4. The molecule has 3 rings (SSSR count). The highest BCUT2D eigenvalue weighted by molar-refractivity contribution is 6.04. The quantitative estimate of drug-likeness (QED) is 0.787. The molecular formula is C19H23N5O2. The molecule has 0 spiro atoms. The zero-order valence-electron chi connectivity index (χ0n) is 15.4. The van der Waals surface area contributed by atoms with Crippen LogP contribution in [0.3, 0.4) is 0 Å². The lowest BCUT2D eigenvalue weighted by molar-refractivity contribution is -0.114. The SMILES string of the molecule is C=CC(=O)N1CCCc2c(C(=O)N(C)Cc3nnc(C)n3C)cccc21. The van der Waals surface area contributed by atoms with Crippen LogP contribution in [0.15, 0.2) is 30.9 Å². The Morgan fingerprint density at radius 3 is 2.77 bits per heavy atom. The molecule has 0 unspecified atom stereocenters. The predicted molar refractivity (Wildman–Crippen MR) is 98.9 cm³/mol. The van der Waals surface area contributed by atoms with Crippen LogP contribution in [-0.4, -0.2) is 45.1 Å². The van der Waals surface area contributed by atoms with Crippen molar-refractivity contribution >= 4 is 17.5 Å². The molecule has 2 amide bonds. The van der Waals surface area contributed by atoms with E-state index in [9.17, 15) is 9.59 Å². The van der Waals surface area contributed by atoms with Crippen LogP contribution >= 0.6 is 0 Å². The number of aromatic nitrogens is 3. The minimum atomic E-state index is -0.140. The van der Waals surface area contributed by atoms with Crippen molar-refractivity contribution in [3.05, 3.63) is 53.6 Å². The van der Waals surface area contributed by atoms with Crippen molar-refractivity contribution < 1.29 is 9.59 Å². The number of anilines is 1. The monoisotopic (exact) mass is 353 g/mol. The molecule has 1 aromatic heterocycles. The Balaban J connectivity index is 1.89. The maximum atomic E-state index is 13.0. The van der Waals surface area contributed by atoms with Crippen LogP contribution in [0.1, 0.15) is 34.0 Å². The van der Waals surface area contributed by atoms with Crippen LogP contribution in [0.2, 0.25) is 0 Å². The molecule has 1 aliphatic rings. The second-order valence-corrected chi connectivity index (χ2v) is 6.48. The molecule has 0 fully saturated rings. The van der Waals surface area contributed by atoms with Crippen molar-refractivity contribution in [2.24, 2.45) is 7.05 Å². The van der Waals surface area contributed by atoms with E-state index in [0.717, 1.165) is 35.7 Å². The number of nitrogens with zero attached hydrogens (tertiary/aromatic N) is 5. The van der Waals surface area contributed by atoms with Gasteiger partial charge in [-0.25, -0.2) is 0 Å². The number of benzene rings is 1. The average molecular weight is 353 g/mol. The van der Waals surface area contributed by atoms with E-state index in [1.165, 1.54) is 6.08 Å². The molecule has 7 nitrogen and oxygen atoms in total. The third kappa shape index (κ3) is 3.12. The first-order valence-electron chi connectivity index (χ1n) is 8.60. The first kappa shape index (κ1) is 17.8. The lowest BCUT2D eigenvalue weighted by atomic mass is 9.95. The molecule has 0 aliphatic carbocycles. The van der Waals surface area contributed by atoms with Gasteiger partial charge in [-0.2, -0.15) is 0 Å². The Hall–Kier alpha value is -2.96. The summed E-state index contributed by atoms with van der Waals surface area (Å²) in [7, 11) is 3.63. The molecule has 1 aromatic carbocycles. The fraction of sp³-hybridized carbons (Fsp3) is 0.368. The van der Waals surface area contributed by atoms with E-state index >= 15 is 0 Å². The van der Waals surface area contributed by atoms with Gasteiger partial charge in [-0.05, 0) is 43.5 Å². The summed E-state index contributed by atoms with van der Waals surface area (Å²) in [6.07, 6.45) is 2.91. The number of amides is 2. The van der Waals surface area contributed by atoms with Gasteiger partial charge in [-0.3, -0.25) is 9.59 Å². The topological polar surface area (TPSA) is 71.3 Å². The van der Waals surface area contributed by atoms with Crippen molar-refractivity contribution in [2.45, 2.75) is 26.3 Å². The molecule has 0 bridgehead atoms. The molecular weight excluding hydrogens is 330 g/mol. The van der Waals surface area contributed by atoms with Gasteiger partial charge in [0.2, 0.25) is 5.91 Å². The summed E-state index contributed by atoms with van der Waals surface area (Å²) in [6.45, 7) is 6.45. The number of fused-ring (bicyclic) bond motifs is 1. The summed E-state index contributed by atoms with van der Waals surface area (Å²) in [6, 6.07) is 5.53. The average Bonchev–Trinajstić information content (AvgIpc) is 2.97. The van der Waals surface area contributed by atoms with Gasteiger partial charge in [-0.1, -0.05) is 12.6 Å². The number of rotatable bonds is 4. The van der Waals surface area contributed by atoms with E-state index in [1.807, 2.05) is 36.7 Å². The van der Waals surface area contributed by atoms with Crippen molar-refractivity contribution in [2.75, 3.05) is 18.5 Å². The van der Waals surface area contributed by atoms with Gasteiger partial charge in [0.25, 0.3) is 5.91 Å². The highest BCUT2D eigenvalue weighted by atomic mass is 16.2. The first-order valence-corrected chi connectivity index (χ1v) is 8.60. The van der Waals surface area contributed by atoms with Crippen molar-refractivity contribution in [3.8, 4) is 0 Å². The largest absolute Gasteiger partial charge is 0.334 e. The summed E-state index contributed by atoms with van der Waals surface area (Å²) in [5.74, 6) is 1.30. The Bertz CT molecular complexity index is 871. The smallest absolute Gasteiger partial charge is 0.254 e. The van der Waals surface area contributed by atoms with Crippen LogP contribution in [0.5, 0.6) is 0 Å². The lowest BCUT2D eigenvalue weighted by Crippen LogP contribution is -2.36. The molecule has 0 atom stereocenters. The minimum absolute atomic E-state index is 0.0876. The Kier molecular flexibility index (Phi) is 4.88. The van der Waals surface area contributed by atoms with Crippen molar-refractivity contribution in [1.82, 2.24) is 19.7 Å². The molecule has 7 heteroatoms. The minimum Gasteiger partial charge on any atom is -0.334 e. The van der Waals surface area contributed by atoms with Crippen LogP contribution in [0, 0.1) is 6.92 Å². The summed E-state index contributed by atoms with van der Waals surface area (Å²) < 4.78 is 1.87. The van der Waals surface area contributed by atoms with Crippen molar-refractivity contribution in [3.63, 3.8) is 0 Å². The van der Waals surface area contributed by atoms with E-state index in [2.05, 4.69) is 16.8 Å². The summed E-state index contributed by atoms with van der Waals surface area (Å²) in [4.78, 5) is 28.5. The molecule has 1 aliphatic heterocycles. The van der Waals surface area contributed by atoms with Crippen LogP contribution in [0.4, 0.5) is 5.69 Å². The number of carbonyl (C=O) groups excluding carboxylic acids is 2. The molecule has 0 saturated carbocycles. The zero-order valence-corrected chi connectivity index (χ0v) is 15.4. The number of aryl methyl sites for hydroxylation is 1. The summed E-state index contributed by atoms with van der Waals surface area (Å²) >= 11 is 0. The Morgan fingerprint density at radius 2 is 2.12 bits per heavy atom.